The van der Waals surface area contributed by atoms with E-state index in [1.807, 2.05) is 12.1 Å². The van der Waals surface area contributed by atoms with Crippen LogP contribution in [0, 0.1) is 5.92 Å². The Hall–Kier alpha value is -1.87. The third-order valence-electron chi connectivity index (χ3n) is 5.76. The zero-order chi connectivity index (χ0) is 15.3. The fourth-order valence-electron chi connectivity index (χ4n) is 4.58. The van der Waals surface area contributed by atoms with Gasteiger partial charge in [0.1, 0.15) is 0 Å². The highest BCUT2D eigenvalue weighted by atomic mass is 16.4. The number of hydrogen-bond acceptors (Lipinski definition) is 2. The van der Waals surface area contributed by atoms with E-state index in [1.54, 1.807) is 0 Å². The summed E-state index contributed by atoms with van der Waals surface area (Å²) < 4.78 is 0. The molecule has 22 heavy (non-hydrogen) atoms. The lowest BCUT2D eigenvalue weighted by Crippen LogP contribution is -2.48. The van der Waals surface area contributed by atoms with Crippen molar-refractivity contribution in [2.24, 2.45) is 5.92 Å². The van der Waals surface area contributed by atoms with Crippen LogP contribution in [-0.2, 0) is 4.79 Å². The highest BCUT2D eigenvalue weighted by Gasteiger charge is 2.49. The Morgan fingerprint density at radius 3 is 2.68 bits per heavy atom. The summed E-state index contributed by atoms with van der Waals surface area (Å²) in [7, 11) is 2.09. The maximum Gasteiger partial charge on any atom is 0.308 e. The minimum Gasteiger partial charge on any atom is -0.481 e. The monoisotopic (exact) mass is 295 g/mol. The van der Waals surface area contributed by atoms with Crippen molar-refractivity contribution < 1.29 is 9.90 Å². The Balaban J connectivity index is 1.77. The largest absolute Gasteiger partial charge is 0.481 e. The summed E-state index contributed by atoms with van der Waals surface area (Å²) in [6.45, 7) is 0. The molecule has 0 aromatic heterocycles. The first kappa shape index (κ1) is 13.8. The van der Waals surface area contributed by atoms with Gasteiger partial charge in [-0.3, -0.25) is 9.69 Å². The van der Waals surface area contributed by atoms with E-state index in [-0.39, 0.29) is 17.9 Å². The topological polar surface area (TPSA) is 40.5 Å². The first-order chi connectivity index (χ1) is 10.6. The van der Waals surface area contributed by atoms with E-state index in [0.29, 0.717) is 6.04 Å². The molecular formula is C19H21NO2. The summed E-state index contributed by atoms with van der Waals surface area (Å²) >= 11 is 0. The highest BCUT2D eigenvalue weighted by molar-refractivity contribution is 5.83. The number of piperidine rings is 1. The van der Waals surface area contributed by atoms with Crippen molar-refractivity contribution in [1.29, 1.82) is 0 Å². The van der Waals surface area contributed by atoms with Gasteiger partial charge in [0, 0.05) is 18.0 Å². The Morgan fingerprint density at radius 2 is 1.91 bits per heavy atom. The number of fused-ring (bicyclic) bond motifs is 3. The Bertz CT molecular complexity index is 726. The molecule has 2 saturated heterocycles. The summed E-state index contributed by atoms with van der Waals surface area (Å²) in [5.74, 6) is -0.795. The maximum atomic E-state index is 11.9. The standard InChI is InChI=1S/C19H21NO2/c1-20-15-8-9-17(20)18(19(21)22)16(11-15)14-7-6-12-4-2-3-5-13(12)10-14/h2-7,10,15-18H,8-9,11H2,1H3,(H,21,22)/t15?,16-,17-,18-/m1/s1. The second-order valence-corrected chi connectivity index (χ2v) is 6.78. The molecule has 2 aliphatic rings. The van der Waals surface area contributed by atoms with Crippen LogP contribution < -0.4 is 0 Å². The molecule has 0 spiro atoms. The molecule has 2 bridgehead atoms. The van der Waals surface area contributed by atoms with Crippen molar-refractivity contribution in [3.63, 3.8) is 0 Å². The van der Waals surface area contributed by atoms with E-state index in [4.69, 9.17) is 0 Å². The third kappa shape index (κ3) is 2.03. The molecule has 2 aromatic rings. The summed E-state index contributed by atoms with van der Waals surface area (Å²) in [6.07, 6.45) is 3.11. The summed E-state index contributed by atoms with van der Waals surface area (Å²) in [6, 6.07) is 15.5. The zero-order valence-corrected chi connectivity index (χ0v) is 12.8. The summed E-state index contributed by atoms with van der Waals surface area (Å²) in [4.78, 5) is 14.2. The number of carboxylic acid groups (broad SMARTS) is 1. The van der Waals surface area contributed by atoms with Crippen LogP contribution in [0.2, 0.25) is 0 Å². The smallest absolute Gasteiger partial charge is 0.308 e. The van der Waals surface area contributed by atoms with E-state index in [2.05, 4.69) is 42.3 Å². The fourth-order valence-corrected chi connectivity index (χ4v) is 4.58. The van der Waals surface area contributed by atoms with Gasteiger partial charge in [0.15, 0.2) is 0 Å². The van der Waals surface area contributed by atoms with Crippen molar-refractivity contribution >= 4 is 16.7 Å². The highest BCUT2D eigenvalue weighted by Crippen LogP contribution is 2.46. The van der Waals surface area contributed by atoms with Gasteiger partial charge in [0.25, 0.3) is 0 Å². The predicted molar refractivity (Wildman–Crippen MR) is 87.0 cm³/mol. The summed E-state index contributed by atoms with van der Waals surface area (Å²) in [5.41, 5.74) is 1.19. The first-order valence-corrected chi connectivity index (χ1v) is 8.08. The van der Waals surface area contributed by atoms with Gasteiger partial charge < -0.3 is 5.11 Å². The number of rotatable bonds is 2. The van der Waals surface area contributed by atoms with Gasteiger partial charge in [-0.15, -0.1) is 0 Å². The second kappa shape index (κ2) is 5.10. The number of benzene rings is 2. The van der Waals surface area contributed by atoms with Crippen molar-refractivity contribution in [2.75, 3.05) is 7.05 Å². The van der Waals surface area contributed by atoms with Gasteiger partial charge in [-0.25, -0.2) is 0 Å². The third-order valence-corrected chi connectivity index (χ3v) is 5.76. The van der Waals surface area contributed by atoms with Gasteiger partial charge in [-0.2, -0.15) is 0 Å². The second-order valence-electron chi connectivity index (χ2n) is 6.78. The van der Waals surface area contributed by atoms with E-state index in [1.165, 1.54) is 16.3 Å². The molecule has 2 aromatic carbocycles. The number of carbonyl (C=O) groups is 1. The van der Waals surface area contributed by atoms with Crippen LogP contribution in [0.5, 0.6) is 0 Å². The fraction of sp³-hybridized carbons (Fsp3) is 0.421. The average Bonchev–Trinajstić information content (AvgIpc) is 2.76. The van der Waals surface area contributed by atoms with E-state index < -0.39 is 5.97 Å². The van der Waals surface area contributed by atoms with Crippen molar-refractivity contribution in [2.45, 2.75) is 37.3 Å². The van der Waals surface area contributed by atoms with Crippen LogP contribution in [0.25, 0.3) is 10.8 Å². The Kier molecular flexibility index (Phi) is 3.19. The molecule has 114 valence electrons. The molecule has 0 amide bonds. The van der Waals surface area contributed by atoms with Crippen LogP contribution in [-0.4, -0.2) is 35.1 Å². The quantitative estimate of drug-likeness (QED) is 0.922. The molecule has 2 aliphatic heterocycles. The van der Waals surface area contributed by atoms with Crippen LogP contribution in [0.1, 0.15) is 30.7 Å². The van der Waals surface area contributed by atoms with Gasteiger partial charge in [-0.1, -0.05) is 42.5 Å². The zero-order valence-electron chi connectivity index (χ0n) is 12.8. The average molecular weight is 295 g/mol. The molecule has 0 aliphatic carbocycles. The molecule has 4 atom stereocenters. The van der Waals surface area contributed by atoms with Crippen LogP contribution in [0.3, 0.4) is 0 Å². The lowest BCUT2D eigenvalue weighted by atomic mass is 9.76. The van der Waals surface area contributed by atoms with Crippen LogP contribution in [0.4, 0.5) is 0 Å². The number of aliphatic carboxylic acids is 1. The SMILES string of the molecule is CN1C2CC[C@@H]1[C@H](C(=O)O)[C@@H](c1ccc3ccccc3c1)C2. The molecule has 0 saturated carbocycles. The van der Waals surface area contributed by atoms with E-state index >= 15 is 0 Å². The lowest BCUT2D eigenvalue weighted by molar-refractivity contribution is -0.146. The Labute approximate surface area is 130 Å². The maximum absolute atomic E-state index is 11.9. The van der Waals surface area contributed by atoms with Crippen molar-refractivity contribution in [3.05, 3.63) is 48.0 Å². The van der Waals surface area contributed by atoms with E-state index in [0.717, 1.165) is 19.3 Å². The predicted octanol–water partition coefficient (Wildman–Crippen LogP) is 3.49. The molecule has 2 heterocycles. The molecule has 3 heteroatoms. The molecule has 2 fully saturated rings. The van der Waals surface area contributed by atoms with Gasteiger partial charge in [0.2, 0.25) is 0 Å². The molecular weight excluding hydrogens is 274 g/mol. The van der Waals surface area contributed by atoms with Crippen molar-refractivity contribution in [3.8, 4) is 0 Å². The van der Waals surface area contributed by atoms with E-state index in [9.17, 15) is 9.90 Å². The molecule has 4 rings (SSSR count). The first-order valence-electron chi connectivity index (χ1n) is 8.08. The van der Waals surface area contributed by atoms with Gasteiger partial charge in [-0.05, 0) is 42.6 Å². The molecule has 1 N–H and O–H groups in total. The Morgan fingerprint density at radius 1 is 1.14 bits per heavy atom. The van der Waals surface area contributed by atoms with Crippen LogP contribution in [0.15, 0.2) is 42.5 Å². The van der Waals surface area contributed by atoms with Crippen LogP contribution >= 0.6 is 0 Å². The van der Waals surface area contributed by atoms with Gasteiger partial charge in [0.05, 0.1) is 5.92 Å². The van der Waals surface area contributed by atoms with Crippen molar-refractivity contribution in [1.82, 2.24) is 4.90 Å². The molecule has 3 nitrogen and oxygen atoms in total. The number of hydrogen-bond donors (Lipinski definition) is 1. The summed E-state index contributed by atoms with van der Waals surface area (Å²) in [5, 5.41) is 12.2. The minimum absolute atomic E-state index is 0.135. The number of nitrogens with zero attached hydrogens (tertiary/aromatic N) is 1. The molecule has 1 unspecified atom stereocenters. The number of carboxylic acids is 1. The van der Waals surface area contributed by atoms with Gasteiger partial charge >= 0.3 is 5.97 Å². The lowest BCUT2D eigenvalue weighted by Gasteiger charge is -2.41. The normalized spacial score (nSPS) is 31.5. The minimum atomic E-state index is -0.643. The molecule has 0 radical (unpaired) electrons.